The molecule has 0 unspecified atom stereocenters. The van der Waals surface area contributed by atoms with E-state index in [9.17, 15) is 13.2 Å². The average Bonchev–Trinajstić information content (AvgIpc) is 2.89. The largest absolute Gasteiger partial charge is 0.486 e. The number of sulfonamides is 1. The summed E-state index contributed by atoms with van der Waals surface area (Å²) in [6.07, 6.45) is 0.923. The molecule has 0 spiro atoms. The van der Waals surface area contributed by atoms with Gasteiger partial charge in [0.1, 0.15) is 13.2 Å². The van der Waals surface area contributed by atoms with Crippen molar-refractivity contribution in [2.45, 2.75) is 17.7 Å². The Morgan fingerprint density at radius 3 is 2.29 bits per heavy atom. The van der Waals surface area contributed by atoms with Crippen molar-refractivity contribution in [2.75, 3.05) is 31.6 Å². The Kier molecular flexibility index (Phi) is 6.26. The minimum absolute atomic E-state index is 0.0836. The second kappa shape index (κ2) is 9.48. The molecule has 34 heavy (non-hydrogen) atoms. The summed E-state index contributed by atoms with van der Waals surface area (Å²) < 4.78 is 38.8. The van der Waals surface area contributed by atoms with E-state index in [1.807, 2.05) is 54.6 Å². The first-order valence-electron chi connectivity index (χ1n) is 11.4. The minimum atomic E-state index is -3.68. The van der Waals surface area contributed by atoms with E-state index in [1.54, 1.807) is 12.1 Å². The summed E-state index contributed by atoms with van der Waals surface area (Å²) in [6, 6.07) is 22.3. The van der Waals surface area contributed by atoms with Crippen LogP contribution in [0.2, 0.25) is 0 Å². The maximum absolute atomic E-state index is 13.2. The Balaban J connectivity index is 1.25. The lowest BCUT2D eigenvalue weighted by Crippen LogP contribution is -2.41. The van der Waals surface area contributed by atoms with Crippen LogP contribution in [0.25, 0.3) is 11.1 Å². The topological polar surface area (TPSA) is 84.9 Å². The Morgan fingerprint density at radius 2 is 1.53 bits per heavy atom. The van der Waals surface area contributed by atoms with E-state index in [2.05, 4.69) is 5.32 Å². The standard InChI is InChI=1S/C26H26N2O5S/c29-26(27-23-9-5-4-8-22(23)19-6-2-1-3-7-19)20-12-14-28(15-13-20)34(30,31)21-10-11-24-25(18-21)33-17-16-32-24/h1-11,18,20H,12-17H2,(H,27,29). The molecule has 2 heterocycles. The number of hydrogen-bond acceptors (Lipinski definition) is 5. The van der Waals surface area contributed by atoms with Crippen molar-refractivity contribution >= 4 is 21.6 Å². The molecule has 0 bridgehead atoms. The normalized spacial score (nSPS) is 16.7. The van der Waals surface area contributed by atoms with Crippen molar-refractivity contribution in [3.63, 3.8) is 0 Å². The molecule has 3 aromatic rings. The second-order valence-electron chi connectivity index (χ2n) is 8.38. The molecule has 1 saturated heterocycles. The number of para-hydroxylation sites is 1. The number of carbonyl (C=O) groups is 1. The van der Waals surface area contributed by atoms with E-state index < -0.39 is 10.0 Å². The average molecular weight is 479 g/mol. The molecular weight excluding hydrogens is 452 g/mol. The highest BCUT2D eigenvalue weighted by atomic mass is 32.2. The van der Waals surface area contributed by atoms with Gasteiger partial charge in [-0.1, -0.05) is 48.5 Å². The van der Waals surface area contributed by atoms with Gasteiger partial charge in [-0.2, -0.15) is 4.31 Å². The van der Waals surface area contributed by atoms with Gasteiger partial charge in [0.05, 0.1) is 4.90 Å². The van der Waals surface area contributed by atoms with Crippen molar-refractivity contribution < 1.29 is 22.7 Å². The molecule has 1 amide bonds. The SMILES string of the molecule is O=C(Nc1ccccc1-c1ccccc1)C1CCN(S(=O)(=O)c2ccc3c(c2)OCCO3)CC1. The van der Waals surface area contributed by atoms with Crippen LogP contribution >= 0.6 is 0 Å². The minimum Gasteiger partial charge on any atom is -0.486 e. The number of nitrogens with one attached hydrogen (secondary N) is 1. The van der Waals surface area contributed by atoms with Crippen molar-refractivity contribution in [3.05, 3.63) is 72.8 Å². The molecule has 1 fully saturated rings. The van der Waals surface area contributed by atoms with Crippen LogP contribution in [0.15, 0.2) is 77.7 Å². The highest BCUT2D eigenvalue weighted by molar-refractivity contribution is 7.89. The van der Waals surface area contributed by atoms with Gasteiger partial charge in [-0.15, -0.1) is 0 Å². The number of benzene rings is 3. The van der Waals surface area contributed by atoms with E-state index in [0.29, 0.717) is 37.6 Å². The molecule has 0 aromatic heterocycles. The summed E-state index contributed by atoms with van der Waals surface area (Å²) >= 11 is 0. The van der Waals surface area contributed by atoms with Crippen LogP contribution in [0.5, 0.6) is 11.5 Å². The quantitative estimate of drug-likeness (QED) is 0.595. The molecule has 176 valence electrons. The molecule has 2 aliphatic rings. The Morgan fingerprint density at radius 1 is 0.853 bits per heavy atom. The van der Waals surface area contributed by atoms with E-state index >= 15 is 0 Å². The van der Waals surface area contributed by atoms with Gasteiger partial charge in [0.25, 0.3) is 0 Å². The summed E-state index contributed by atoms with van der Waals surface area (Å²) in [5, 5.41) is 3.06. The second-order valence-corrected chi connectivity index (χ2v) is 10.3. The van der Waals surface area contributed by atoms with Crippen LogP contribution in [0.1, 0.15) is 12.8 Å². The molecule has 0 aliphatic carbocycles. The van der Waals surface area contributed by atoms with Crippen molar-refractivity contribution in [1.82, 2.24) is 4.31 Å². The lowest BCUT2D eigenvalue weighted by molar-refractivity contribution is -0.120. The number of amides is 1. The third-order valence-corrected chi connectivity index (χ3v) is 8.14. The van der Waals surface area contributed by atoms with Crippen LogP contribution in [-0.2, 0) is 14.8 Å². The number of carbonyl (C=O) groups excluding carboxylic acids is 1. The molecular formula is C26H26N2O5S. The molecule has 2 aliphatic heterocycles. The first-order valence-corrected chi connectivity index (χ1v) is 12.8. The van der Waals surface area contributed by atoms with Gasteiger partial charge < -0.3 is 14.8 Å². The van der Waals surface area contributed by atoms with Gasteiger partial charge in [-0.3, -0.25) is 4.79 Å². The van der Waals surface area contributed by atoms with Crippen molar-refractivity contribution in [1.29, 1.82) is 0 Å². The number of ether oxygens (including phenoxy) is 2. The molecule has 5 rings (SSSR count). The summed E-state index contributed by atoms with van der Waals surface area (Å²) in [7, 11) is -3.68. The summed E-state index contributed by atoms with van der Waals surface area (Å²) in [4.78, 5) is 13.2. The number of rotatable bonds is 5. The van der Waals surface area contributed by atoms with Crippen LogP contribution < -0.4 is 14.8 Å². The van der Waals surface area contributed by atoms with Crippen LogP contribution in [0.4, 0.5) is 5.69 Å². The number of fused-ring (bicyclic) bond motifs is 1. The monoisotopic (exact) mass is 478 g/mol. The molecule has 0 radical (unpaired) electrons. The molecule has 1 N–H and O–H groups in total. The van der Waals surface area contributed by atoms with Crippen molar-refractivity contribution in [2.24, 2.45) is 5.92 Å². The van der Waals surface area contributed by atoms with Crippen LogP contribution in [0.3, 0.4) is 0 Å². The van der Waals surface area contributed by atoms with Gasteiger partial charge in [0.15, 0.2) is 11.5 Å². The van der Waals surface area contributed by atoms with Crippen LogP contribution in [-0.4, -0.2) is 44.9 Å². The Labute approximate surface area is 199 Å². The third-order valence-electron chi connectivity index (χ3n) is 6.25. The van der Waals surface area contributed by atoms with E-state index in [-0.39, 0.29) is 29.8 Å². The van der Waals surface area contributed by atoms with Crippen LogP contribution in [0, 0.1) is 5.92 Å². The first-order chi connectivity index (χ1) is 16.5. The number of hydrogen-bond donors (Lipinski definition) is 1. The fourth-order valence-electron chi connectivity index (χ4n) is 4.39. The zero-order valence-corrected chi connectivity index (χ0v) is 19.5. The van der Waals surface area contributed by atoms with Crippen molar-refractivity contribution in [3.8, 4) is 22.6 Å². The number of nitrogens with zero attached hydrogens (tertiary/aromatic N) is 1. The maximum atomic E-state index is 13.2. The Hall–Kier alpha value is -3.36. The third kappa shape index (κ3) is 4.51. The molecule has 8 heteroatoms. The zero-order valence-electron chi connectivity index (χ0n) is 18.6. The van der Waals surface area contributed by atoms with E-state index in [0.717, 1.165) is 16.8 Å². The summed E-state index contributed by atoms with van der Waals surface area (Å²) in [6.45, 7) is 1.42. The van der Waals surface area contributed by atoms with E-state index in [4.69, 9.17) is 9.47 Å². The van der Waals surface area contributed by atoms with Gasteiger partial charge in [-0.25, -0.2) is 8.42 Å². The molecule has 0 atom stereocenters. The first kappa shape index (κ1) is 22.4. The maximum Gasteiger partial charge on any atom is 0.243 e. The predicted molar refractivity (Wildman–Crippen MR) is 129 cm³/mol. The lowest BCUT2D eigenvalue weighted by atomic mass is 9.96. The van der Waals surface area contributed by atoms with Gasteiger partial charge in [0.2, 0.25) is 15.9 Å². The van der Waals surface area contributed by atoms with Gasteiger partial charge >= 0.3 is 0 Å². The zero-order chi connectivity index (χ0) is 23.5. The lowest BCUT2D eigenvalue weighted by Gasteiger charge is -2.31. The highest BCUT2D eigenvalue weighted by Gasteiger charge is 2.33. The van der Waals surface area contributed by atoms with Gasteiger partial charge in [-0.05, 0) is 36.6 Å². The molecule has 3 aromatic carbocycles. The highest BCUT2D eigenvalue weighted by Crippen LogP contribution is 2.34. The number of piperidine rings is 1. The summed E-state index contributed by atoms with van der Waals surface area (Å²) in [5.74, 6) is 0.658. The smallest absolute Gasteiger partial charge is 0.243 e. The fourth-order valence-corrected chi connectivity index (χ4v) is 5.87. The Bertz CT molecular complexity index is 1290. The number of anilines is 1. The predicted octanol–water partition coefficient (Wildman–Crippen LogP) is 4.16. The summed E-state index contributed by atoms with van der Waals surface area (Å²) in [5.41, 5.74) is 2.74. The van der Waals surface area contributed by atoms with E-state index in [1.165, 1.54) is 10.4 Å². The molecule has 0 saturated carbocycles. The fraction of sp³-hybridized carbons (Fsp3) is 0.269. The molecule has 7 nitrogen and oxygen atoms in total. The van der Waals surface area contributed by atoms with Gasteiger partial charge in [0, 0.05) is 36.3 Å².